The molecule has 2 aliphatic rings. The van der Waals surface area contributed by atoms with Gasteiger partial charge in [-0.05, 0) is 32.1 Å². The van der Waals surface area contributed by atoms with Crippen LogP contribution in [0.25, 0.3) is 0 Å². The van der Waals surface area contributed by atoms with Gasteiger partial charge in [0.25, 0.3) is 5.56 Å². The third-order valence-electron chi connectivity index (χ3n) is 3.98. The molecular formula is C14H21N3O2. The van der Waals surface area contributed by atoms with Crippen LogP contribution in [-0.4, -0.2) is 35.6 Å². The van der Waals surface area contributed by atoms with Crippen LogP contribution in [0.2, 0.25) is 0 Å². The molecule has 5 nitrogen and oxygen atoms in total. The summed E-state index contributed by atoms with van der Waals surface area (Å²) in [6.07, 6.45) is 7.80. The van der Waals surface area contributed by atoms with Gasteiger partial charge in [-0.2, -0.15) is 5.10 Å². The number of ether oxygens (including phenoxy) is 1. The van der Waals surface area contributed by atoms with Gasteiger partial charge in [0.15, 0.2) is 0 Å². The first kappa shape index (κ1) is 12.7. The molecule has 3 rings (SSSR count). The zero-order chi connectivity index (χ0) is 13.1. The average Bonchev–Trinajstić information content (AvgIpc) is 2.95. The maximum absolute atomic E-state index is 12.1. The van der Waals surface area contributed by atoms with Crippen LogP contribution in [0.1, 0.15) is 32.1 Å². The summed E-state index contributed by atoms with van der Waals surface area (Å²) in [5.41, 5.74) is 0.951. The van der Waals surface area contributed by atoms with Gasteiger partial charge in [-0.25, -0.2) is 4.68 Å². The van der Waals surface area contributed by atoms with E-state index in [4.69, 9.17) is 4.74 Å². The van der Waals surface area contributed by atoms with Crippen LogP contribution in [0.3, 0.4) is 0 Å². The van der Waals surface area contributed by atoms with Crippen LogP contribution < -0.4 is 10.5 Å². The Balaban J connectivity index is 1.71. The Hall–Kier alpha value is -1.36. The lowest BCUT2D eigenvalue weighted by molar-refractivity contribution is 0.0927. The van der Waals surface area contributed by atoms with E-state index in [-0.39, 0.29) is 11.7 Å². The van der Waals surface area contributed by atoms with Crippen molar-refractivity contribution in [2.75, 3.05) is 24.6 Å². The van der Waals surface area contributed by atoms with E-state index in [0.29, 0.717) is 6.54 Å². The lowest BCUT2D eigenvalue weighted by Gasteiger charge is -2.28. The van der Waals surface area contributed by atoms with E-state index in [2.05, 4.69) is 10.00 Å². The number of nitrogens with zero attached hydrogens (tertiary/aromatic N) is 3. The largest absolute Gasteiger partial charge is 0.376 e. The van der Waals surface area contributed by atoms with Crippen molar-refractivity contribution in [1.82, 2.24) is 9.78 Å². The van der Waals surface area contributed by atoms with E-state index >= 15 is 0 Å². The molecule has 0 bridgehead atoms. The van der Waals surface area contributed by atoms with Crippen molar-refractivity contribution in [3.05, 3.63) is 22.6 Å². The molecule has 0 aromatic carbocycles. The molecule has 5 heteroatoms. The SMILES string of the molecule is O=c1cc(N2CCCCC2)cnn1C[C@@H]1CCCO1. The molecule has 0 unspecified atom stereocenters. The number of anilines is 1. The van der Waals surface area contributed by atoms with E-state index in [1.165, 1.54) is 23.9 Å². The summed E-state index contributed by atoms with van der Waals surface area (Å²) in [7, 11) is 0. The Morgan fingerprint density at radius 3 is 2.79 bits per heavy atom. The number of piperidine rings is 1. The molecular weight excluding hydrogens is 242 g/mol. The first-order chi connectivity index (χ1) is 9.33. The van der Waals surface area contributed by atoms with Gasteiger partial charge >= 0.3 is 0 Å². The van der Waals surface area contributed by atoms with Crippen LogP contribution >= 0.6 is 0 Å². The lowest BCUT2D eigenvalue weighted by atomic mass is 10.1. The first-order valence-corrected chi connectivity index (χ1v) is 7.27. The van der Waals surface area contributed by atoms with Crippen molar-refractivity contribution in [2.24, 2.45) is 0 Å². The number of aromatic nitrogens is 2. The molecule has 0 N–H and O–H groups in total. The standard InChI is InChI=1S/C14H21N3O2/c18-14-9-12(16-6-2-1-3-7-16)10-15-17(14)11-13-5-4-8-19-13/h9-10,13H,1-8,11H2/t13-/m0/s1. The van der Waals surface area contributed by atoms with Gasteiger partial charge in [-0.3, -0.25) is 4.79 Å². The third-order valence-corrected chi connectivity index (χ3v) is 3.98. The Bertz CT molecular complexity index is 474. The summed E-state index contributed by atoms with van der Waals surface area (Å²) in [6.45, 7) is 3.47. The smallest absolute Gasteiger partial charge is 0.268 e. The average molecular weight is 263 g/mol. The Kier molecular flexibility index (Phi) is 3.82. The summed E-state index contributed by atoms with van der Waals surface area (Å²) in [6, 6.07) is 1.72. The molecule has 2 aliphatic heterocycles. The Morgan fingerprint density at radius 2 is 2.11 bits per heavy atom. The predicted molar refractivity (Wildman–Crippen MR) is 73.5 cm³/mol. The van der Waals surface area contributed by atoms with Crippen molar-refractivity contribution in [1.29, 1.82) is 0 Å². The molecule has 104 valence electrons. The van der Waals surface area contributed by atoms with Crippen LogP contribution in [0.4, 0.5) is 5.69 Å². The highest BCUT2D eigenvalue weighted by molar-refractivity contribution is 5.43. The minimum absolute atomic E-state index is 0.0152. The van der Waals surface area contributed by atoms with Crippen LogP contribution in [-0.2, 0) is 11.3 Å². The summed E-state index contributed by atoms with van der Waals surface area (Å²) in [4.78, 5) is 14.3. The van der Waals surface area contributed by atoms with Crippen molar-refractivity contribution in [3.8, 4) is 0 Å². The number of hydrogen-bond donors (Lipinski definition) is 0. The van der Waals surface area contributed by atoms with Crippen molar-refractivity contribution in [3.63, 3.8) is 0 Å². The number of rotatable bonds is 3. The minimum Gasteiger partial charge on any atom is -0.376 e. The van der Waals surface area contributed by atoms with Gasteiger partial charge in [0, 0.05) is 25.8 Å². The fourth-order valence-corrected chi connectivity index (χ4v) is 2.87. The normalized spacial score (nSPS) is 23.8. The molecule has 19 heavy (non-hydrogen) atoms. The molecule has 0 saturated carbocycles. The second kappa shape index (κ2) is 5.74. The molecule has 0 amide bonds. The second-order valence-electron chi connectivity index (χ2n) is 5.42. The zero-order valence-electron chi connectivity index (χ0n) is 11.3. The van der Waals surface area contributed by atoms with E-state index in [9.17, 15) is 4.79 Å². The molecule has 1 atom stereocenters. The van der Waals surface area contributed by atoms with Gasteiger partial charge in [-0.15, -0.1) is 0 Å². The van der Waals surface area contributed by atoms with Gasteiger partial charge < -0.3 is 9.64 Å². The van der Waals surface area contributed by atoms with Crippen molar-refractivity contribution in [2.45, 2.75) is 44.8 Å². The molecule has 3 heterocycles. The van der Waals surface area contributed by atoms with Gasteiger partial charge in [0.05, 0.1) is 24.5 Å². The molecule has 2 fully saturated rings. The summed E-state index contributed by atoms with van der Waals surface area (Å²) >= 11 is 0. The highest BCUT2D eigenvalue weighted by atomic mass is 16.5. The van der Waals surface area contributed by atoms with Crippen LogP contribution in [0.15, 0.2) is 17.1 Å². The highest BCUT2D eigenvalue weighted by Gasteiger charge is 2.18. The van der Waals surface area contributed by atoms with Crippen LogP contribution in [0.5, 0.6) is 0 Å². The van der Waals surface area contributed by atoms with Crippen molar-refractivity contribution < 1.29 is 4.74 Å². The van der Waals surface area contributed by atoms with E-state index < -0.39 is 0 Å². The fraction of sp³-hybridized carbons (Fsp3) is 0.714. The minimum atomic E-state index is -0.0152. The van der Waals surface area contributed by atoms with Gasteiger partial charge in [-0.1, -0.05) is 0 Å². The molecule has 1 aromatic rings. The van der Waals surface area contributed by atoms with Crippen LogP contribution in [0, 0.1) is 0 Å². The summed E-state index contributed by atoms with van der Waals surface area (Å²) < 4.78 is 7.08. The Morgan fingerprint density at radius 1 is 1.26 bits per heavy atom. The topological polar surface area (TPSA) is 47.4 Å². The molecule has 0 aliphatic carbocycles. The van der Waals surface area contributed by atoms with Crippen molar-refractivity contribution >= 4 is 5.69 Å². The van der Waals surface area contributed by atoms with Gasteiger partial charge in [0.2, 0.25) is 0 Å². The van der Waals surface area contributed by atoms with E-state index in [1.54, 1.807) is 6.07 Å². The molecule has 2 saturated heterocycles. The highest BCUT2D eigenvalue weighted by Crippen LogP contribution is 2.17. The lowest BCUT2D eigenvalue weighted by Crippen LogP contribution is -2.33. The van der Waals surface area contributed by atoms with E-state index in [0.717, 1.165) is 38.2 Å². The van der Waals surface area contributed by atoms with E-state index in [1.807, 2.05) is 6.20 Å². The third kappa shape index (κ3) is 2.97. The Labute approximate surface area is 113 Å². The maximum atomic E-state index is 12.1. The monoisotopic (exact) mass is 263 g/mol. The maximum Gasteiger partial charge on any atom is 0.268 e. The molecule has 0 radical (unpaired) electrons. The number of hydrogen-bond acceptors (Lipinski definition) is 4. The molecule has 1 aromatic heterocycles. The second-order valence-corrected chi connectivity index (χ2v) is 5.42. The summed E-state index contributed by atoms with van der Waals surface area (Å²) in [5, 5.41) is 4.30. The van der Waals surface area contributed by atoms with Gasteiger partial charge in [0.1, 0.15) is 0 Å². The first-order valence-electron chi connectivity index (χ1n) is 7.27. The zero-order valence-corrected chi connectivity index (χ0v) is 11.3. The summed E-state index contributed by atoms with van der Waals surface area (Å²) in [5.74, 6) is 0. The quantitative estimate of drug-likeness (QED) is 0.827. The fourth-order valence-electron chi connectivity index (χ4n) is 2.87. The predicted octanol–water partition coefficient (Wildman–Crippen LogP) is 1.41. The molecule has 0 spiro atoms.